The number of nitrogens with one attached hydrogen (secondary N) is 2. The fraction of sp³-hybridized carbons (Fsp3) is 0.438. The lowest BCUT2D eigenvalue weighted by molar-refractivity contribution is 0.199. The van der Waals surface area contributed by atoms with Crippen LogP contribution in [0, 0.1) is 0 Å². The molecule has 0 spiro atoms. The summed E-state index contributed by atoms with van der Waals surface area (Å²) < 4.78 is 5.03. The van der Waals surface area contributed by atoms with Crippen LogP contribution in [0.5, 0.6) is 0 Å². The van der Waals surface area contributed by atoms with Crippen LogP contribution in [0.15, 0.2) is 35.4 Å². The number of nitrogens with zero attached hydrogens (tertiary/aromatic N) is 1. The quantitative estimate of drug-likeness (QED) is 0.580. The lowest BCUT2D eigenvalue weighted by Crippen LogP contribution is -2.18. The Hall–Kier alpha value is -1.30. The Balaban J connectivity index is 2.02. The Bertz CT molecular complexity index is 537. The van der Waals surface area contributed by atoms with E-state index in [1.54, 1.807) is 7.11 Å². The summed E-state index contributed by atoms with van der Waals surface area (Å²) in [6, 6.07) is 8.64. The molecule has 1 aromatic heterocycles. The van der Waals surface area contributed by atoms with Gasteiger partial charge in [0.2, 0.25) is 0 Å². The number of benzene rings is 1. The first-order chi connectivity index (χ1) is 10.2. The molecule has 2 rings (SSSR count). The molecule has 0 aliphatic heterocycles. The maximum Gasteiger partial charge on any atom is 0.0695 e. The van der Waals surface area contributed by atoms with Gasteiger partial charge in [0.05, 0.1) is 18.5 Å². The van der Waals surface area contributed by atoms with Crippen molar-refractivity contribution in [2.24, 2.45) is 0 Å². The van der Waals surface area contributed by atoms with Crippen LogP contribution in [-0.4, -0.2) is 35.7 Å². The molecule has 5 heteroatoms. The third kappa shape index (κ3) is 4.88. The van der Waals surface area contributed by atoms with E-state index >= 15 is 0 Å². The highest BCUT2D eigenvalue weighted by Gasteiger charge is 2.08. The molecule has 0 saturated carbocycles. The first kappa shape index (κ1) is 16.1. The Kier molecular flexibility index (Phi) is 6.29. The number of ether oxygens (including phenoxy) is 1. The maximum atomic E-state index is 5.03. The van der Waals surface area contributed by atoms with E-state index < -0.39 is 0 Å². The van der Waals surface area contributed by atoms with Crippen LogP contribution in [0.25, 0.3) is 11.3 Å². The van der Waals surface area contributed by atoms with Crippen LogP contribution >= 0.6 is 11.8 Å². The summed E-state index contributed by atoms with van der Waals surface area (Å²) in [6.07, 6.45) is 1.88. The minimum absolute atomic E-state index is 0.601. The van der Waals surface area contributed by atoms with Gasteiger partial charge in [-0.25, -0.2) is 0 Å². The highest BCUT2D eigenvalue weighted by molar-refractivity contribution is 7.99. The Labute approximate surface area is 130 Å². The zero-order valence-electron chi connectivity index (χ0n) is 12.8. The molecule has 0 aliphatic rings. The zero-order valence-corrected chi connectivity index (χ0v) is 13.7. The van der Waals surface area contributed by atoms with Crippen molar-refractivity contribution in [1.82, 2.24) is 15.5 Å². The van der Waals surface area contributed by atoms with E-state index in [-0.39, 0.29) is 0 Å². The summed E-state index contributed by atoms with van der Waals surface area (Å²) in [5.41, 5.74) is 3.43. The molecule has 2 aromatic rings. The first-order valence-electron chi connectivity index (χ1n) is 7.19. The van der Waals surface area contributed by atoms with Crippen molar-refractivity contribution >= 4 is 11.8 Å². The van der Waals surface area contributed by atoms with E-state index in [2.05, 4.69) is 53.6 Å². The van der Waals surface area contributed by atoms with E-state index in [1.165, 1.54) is 16.0 Å². The summed E-state index contributed by atoms with van der Waals surface area (Å²) in [4.78, 5) is 1.30. The third-order valence-electron chi connectivity index (χ3n) is 3.03. The highest BCUT2D eigenvalue weighted by Crippen LogP contribution is 2.27. The van der Waals surface area contributed by atoms with Gasteiger partial charge in [0.25, 0.3) is 0 Å². The van der Waals surface area contributed by atoms with Gasteiger partial charge in [0.15, 0.2) is 0 Å². The van der Waals surface area contributed by atoms with E-state index in [9.17, 15) is 0 Å². The van der Waals surface area contributed by atoms with E-state index in [4.69, 9.17) is 4.74 Å². The summed E-state index contributed by atoms with van der Waals surface area (Å²) in [7, 11) is 1.71. The predicted molar refractivity (Wildman–Crippen MR) is 88.6 cm³/mol. The number of H-pyrrole nitrogens is 1. The summed E-state index contributed by atoms with van der Waals surface area (Å²) >= 11 is 1.88. The van der Waals surface area contributed by atoms with Gasteiger partial charge in [-0.1, -0.05) is 26.0 Å². The highest BCUT2D eigenvalue weighted by atomic mass is 32.2. The van der Waals surface area contributed by atoms with Crippen LogP contribution < -0.4 is 5.32 Å². The average Bonchev–Trinajstić information content (AvgIpc) is 2.92. The fourth-order valence-corrected chi connectivity index (χ4v) is 2.90. The molecule has 1 aromatic carbocycles. The molecular weight excluding hydrogens is 282 g/mol. The Morgan fingerprint density at radius 2 is 2.05 bits per heavy atom. The van der Waals surface area contributed by atoms with Gasteiger partial charge in [-0.3, -0.25) is 5.10 Å². The number of methoxy groups -OCH3 is 1. The van der Waals surface area contributed by atoms with Gasteiger partial charge in [0.1, 0.15) is 0 Å². The van der Waals surface area contributed by atoms with Gasteiger partial charge >= 0.3 is 0 Å². The minimum atomic E-state index is 0.601. The molecule has 4 nitrogen and oxygen atoms in total. The number of aromatic nitrogens is 2. The monoisotopic (exact) mass is 305 g/mol. The molecule has 1 heterocycles. The molecular formula is C16H23N3OS. The molecule has 114 valence electrons. The summed E-state index contributed by atoms with van der Waals surface area (Å²) in [5.74, 6) is 0. The van der Waals surface area contributed by atoms with Crippen molar-refractivity contribution in [3.63, 3.8) is 0 Å². The van der Waals surface area contributed by atoms with Crippen LogP contribution in [0.2, 0.25) is 0 Å². The number of aromatic amines is 1. The average molecular weight is 305 g/mol. The third-order valence-corrected chi connectivity index (χ3v) is 4.05. The second kappa shape index (κ2) is 8.22. The fourth-order valence-electron chi connectivity index (χ4n) is 2.06. The molecule has 0 radical (unpaired) electrons. The largest absolute Gasteiger partial charge is 0.383 e. The van der Waals surface area contributed by atoms with E-state index in [0.717, 1.165) is 18.8 Å². The van der Waals surface area contributed by atoms with Gasteiger partial charge in [-0.2, -0.15) is 5.10 Å². The number of thioether (sulfide) groups is 1. The number of rotatable bonds is 8. The van der Waals surface area contributed by atoms with Gasteiger partial charge in [-0.05, 0) is 17.7 Å². The Morgan fingerprint density at radius 1 is 1.29 bits per heavy atom. The van der Waals surface area contributed by atoms with Crippen LogP contribution in [-0.2, 0) is 11.3 Å². The molecule has 0 amide bonds. The Morgan fingerprint density at radius 3 is 2.71 bits per heavy atom. The van der Waals surface area contributed by atoms with E-state index in [1.807, 2.05) is 18.0 Å². The number of hydrogen-bond acceptors (Lipinski definition) is 4. The molecule has 0 bridgehead atoms. The smallest absolute Gasteiger partial charge is 0.0695 e. The van der Waals surface area contributed by atoms with Crippen molar-refractivity contribution in [2.75, 3.05) is 20.3 Å². The number of hydrogen-bond donors (Lipinski definition) is 2. The van der Waals surface area contributed by atoms with Crippen molar-refractivity contribution in [3.8, 4) is 11.3 Å². The van der Waals surface area contributed by atoms with Crippen LogP contribution in [0.4, 0.5) is 0 Å². The predicted octanol–water partition coefficient (Wildman–Crippen LogP) is 3.31. The molecule has 0 saturated heterocycles. The lowest BCUT2D eigenvalue weighted by atomic mass is 10.1. The minimum Gasteiger partial charge on any atom is -0.383 e. The molecule has 0 atom stereocenters. The standard InChI is InChI=1S/C16H23N3OS/c1-12(2)21-15-6-4-13(5-7-15)16-14(11-18-19-16)10-17-8-9-20-3/h4-7,11-12,17H,8-10H2,1-3H3,(H,18,19). The van der Waals surface area contributed by atoms with Gasteiger partial charge in [-0.15, -0.1) is 11.8 Å². The molecule has 0 aliphatic carbocycles. The molecule has 2 N–H and O–H groups in total. The van der Waals surface area contributed by atoms with Crippen molar-refractivity contribution in [2.45, 2.75) is 30.5 Å². The van der Waals surface area contributed by atoms with Crippen molar-refractivity contribution in [3.05, 3.63) is 36.0 Å². The second-order valence-corrected chi connectivity index (χ2v) is 6.78. The topological polar surface area (TPSA) is 49.9 Å². The molecule has 21 heavy (non-hydrogen) atoms. The second-order valence-electron chi connectivity index (χ2n) is 5.13. The van der Waals surface area contributed by atoms with Crippen molar-refractivity contribution < 1.29 is 4.74 Å². The van der Waals surface area contributed by atoms with Crippen LogP contribution in [0.1, 0.15) is 19.4 Å². The molecule has 0 fully saturated rings. The first-order valence-corrected chi connectivity index (χ1v) is 8.07. The lowest BCUT2D eigenvalue weighted by Gasteiger charge is -2.07. The van der Waals surface area contributed by atoms with E-state index in [0.29, 0.717) is 11.9 Å². The molecule has 0 unspecified atom stereocenters. The van der Waals surface area contributed by atoms with Gasteiger partial charge in [0, 0.05) is 35.9 Å². The summed E-state index contributed by atoms with van der Waals surface area (Å²) in [6.45, 7) is 6.76. The van der Waals surface area contributed by atoms with Crippen molar-refractivity contribution in [1.29, 1.82) is 0 Å². The summed E-state index contributed by atoms with van der Waals surface area (Å²) in [5, 5.41) is 11.2. The van der Waals surface area contributed by atoms with Crippen LogP contribution in [0.3, 0.4) is 0 Å². The zero-order chi connectivity index (χ0) is 15.1. The normalized spacial score (nSPS) is 11.2. The van der Waals surface area contributed by atoms with Gasteiger partial charge < -0.3 is 10.1 Å². The SMILES string of the molecule is COCCNCc1cn[nH]c1-c1ccc(SC(C)C)cc1. The maximum absolute atomic E-state index is 5.03.